The maximum atomic E-state index is 11.8. The van der Waals surface area contributed by atoms with Crippen molar-refractivity contribution in [2.45, 2.75) is 0 Å². The molecule has 0 spiro atoms. The van der Waals surface area contributed by atoms with Crippen LogP contribution in [0.1, 0.15) is 10.5 Å². The summed E-state index contributed by atoms with van der Waals surface area (Å²) in [6.45, 7) is 3.49. The number of hydrogen-bond donors (Lipinski definition) is 1. The molecule has 76 valence electrons. The van der Waals surface area contributed by atoms with E-state index in [1.807, 2.05) is 4.90 Å². The van der Waals surface area contributed by atoms with Crippen molar-refractivity contribution >= 4 is 5.91 Å². The summed E-state index contributed by atoms with van der Waals surface area (Å²) in [6.07, 6.45) is 1.60. The Kier molecular flexibility index (Phi) is 2.49. The Morgan fingerprint density at radius 1 is 1.43 bits per heavy atom. The van der Waals surface area contributed by atoms with Gasteiger partial charge in [-0.3, -0.25) is 9.89 Å². The molecular formula is C9H14N4O. The minimum absolute atomic E-state index is 0.0515. The number of aromatic nitrogens is 2. The van der Waals surface area contributed by atoms with Gasteiger partial charge in [-0.25, -0.2) is 0 Å². The van der Waals surface area contributed by atoms with Gasteiger partial charge in [0.15, 0.2) is 0 Å². The fourth-order valence-electron chi connectivity index (χ4n) is 1.55. The van der Waals surface area contributed by atoms with Crippen LogP contribution in [-0.4, -0.2) is 59.1 Å². The minimum atomic E-state index is 0.0515. The predicted molar refractivity (Wildman–Crippen MR) is 52.0 cm³/mol. The van der Waals surface area contributed by atoms with Gasteiger partial charge in [-0.2, -0.15) is 5.10 Å². The van der Waals surface area contributed by atoms with Crippen molar-refractivity contribution in [3.8, 4) is 0 Å². The predicted octanol–water partition coefficient (Wildman–Crippen LogP) is -0.203. The van der Waals surface area contributed by atoms with E-state index < -0.39 is 0 Å². The summed E-state index contributed by atoms with van der Waals surface area (Å²) < 4.78 is 0. The first-order chi connectivity index (χ1) is 6.77. The Labute approximate surface area is 82.7 Å². The van der Waals surface area contributed by atoms with Gasteiger partial charge in [0.25, 0.3) is 5.91 Å². The molecule has 0 atom stereocenters. The van der Waals surface area contributed by atoms with Crippen LogP contribution in [0.2, 0.25) is 0 Å². The Morgan fingerprint density at radius 3 is 2.71 bits per heavy atom. The highest BCUT2D eigenvalue weighted by atomic mass is 16.2. The van der Waals surface area contributed by atoms with Crippen molar-refractivity contribution in [3.63, 3.8) is 0 Å². The Morgan fingerprint density at radius 2 is 2.14 bits per heavy atom. The lowest BCUT2D eigenvalue weighted by atomic mass is 10.3. The smallest absolute Gasteiger partial charge is 0.271 e. The summed E-state index contributed by atoms with van der Waals surface area (Å²) >= 11 is 0. The molecule has 1 amide bonds. The van der Waals surface area contributed by atoms with Gasteiger partial charge in [-0.15, -0.1) is 0 Å². The second kappa shape index (κ2) is 3.79. The fraction of sp³-hybridized carbons (Fsp3) is 0.556. The van der Waals surface area contributed by atoms with Crippen molar-refractivity contribution in [1.29, 1.82) is 0 Å². The number of likely N-dealkylation sites (N-methyl/N-ethyl adjacent to an activating group) is 1. The van der Waals surface area contributed by atoms with E-state index in [4.69, 9.17) is 0 Å². The third-order valence-corrected chi connectivity index (χ3v) is 2.52. The van der Waals surface area contributed by atoms with Crippen LogP contribution in [0.3, 0.4) is 0 Å². The standard InChI is InChI=1S/C9H14N4O/c1-12-4-6-13(7-5-12)9(14)8-2-3-10-11-8/h2-3H,4-7H2,1H3,(H,10,11). The summed E-state index contributed by atoms with van der Waals surface area (Å²) in [4.78, 5) is 15.9. The lowest BCUT2D eigenvalue weighted by molar-refractivity contribution is 0.0658. The summed E-state index contributed by atoms with van der Waals surface area (Å²) in [6, 6.07) is 1.71. The van der Waals surface area contributed by atoms with Gasteiger partial charge in [-0.05, 0) is 13.1 Å². The lowest BCUT2D eigenvalue weighted by Gasteiger charge is -2.31. The molecule has 0 bridgehead atoms. The SMILES string of the molecule is CN1CCN(C(=O)c2ccn[nH]2)CC1. The topological polar surface area (TPSA) is 52.2 Å². The average molecular weight is 194 g/mol. The molecule has 1 fully saturated rings. The van der Waals surface area contributed by atoms with E-state index in [-0.39, 0.29) is 5.91 Å². The van der Waals surface area contributed by atoms with Crippen molar-refractivity contribution < 1.29 is 4.79 Å². The molecule has 0 unspecified atom stereocenters. The van der Waals surface area contributed by atoms with E-state index in [0.717, 1.165) is 26.2 Å². The molecule has 0 aromatic carbocycles. The van der Waals surface area contributed by atoms with Crippen LogP contribution in [0.5, 0.6) is 0 Å². The summed E-state index contributed by atoms with van der Waals surface area (Å²) in [7, 11) is 2.07. The molecule has 1 N–H and O–H groups in total. The van der Waals surface area contributed by atoms with E-state index >= 15 is 0 Å². The monoisotopic (exact) mass is 194 g/mol. The number of amides is 1. The number of hydrogen-bond acceptors (Lipinski definition) is 3. The first-order valence-electron chi connectivity index (χ1n) is 4.74. The first kappa shape index (κ1) is 9.21. The number of aromatic amines is 1. The Bertz CT molecular complexity index is 301. The first-order valence-corrected chi connectivity index (χ1v) is 4.74. The van der Waals surface area contributed by atoms with Crippen LogP contribution in [-0.2, 0) is 0 Å². The molecule has 0 radical (unpaired) electrons. The van der Waals surface area contributed by atoms with Gasteiger partial charge < -0.3 is 9.80 Å². The molecule has 14 heavy (non-hydrogen) atoms. The summed E-state index contributed by atoms with van der Waals surface area (Å²) in [5.41, 5.74) is 0.578. The highest BCUT2D eigenvalue weighted by molar-refractivity contribution is 5.92. The van der Waals surface area contributed by atoms with E-state index in [0.29, 0.717) is 5.69 Å². The molecule has 1 aliphatic heterocycles. The van der Waals surface area contributed by atoms with E-state index in [2.05, 4.69) is 22.1 Å². The Balaban J connectivity index is 1.99. The third-order valence-electron chi connectivity index (χ3n) is 2.52. The largest absolute Gasteiger partial charge is 0.335 e. The van der Waals surface area contributed by atoms with Crippen molar-refractivity contribution in [2.75, 3.05) is 33.2 Å². The molecule has 1 saturated heterocycles. The molecule has 2 rings (SSSR count). The molecule has 5 heteroatoms. The van der Waals surface area contributed by atoms with Crippen molar-refractivity contribution in [2.24, 2.45) is 0 Å². The van der Waals surface area contributed by atoms with Gasteiger partial charge in [-0.1, -0.05) is 0 Å². The average Bonchev–Trinajstić information content (AvgIpc) is 2.71. The zero-order chi connectivity index (χ0) is 9.97. The molecule has 1 aromatic rings. The summed E-state index contributed by atoms with van der Waals surface area (Å²) in [5.74, 6) is 0.0515. The van der Waals surface area contributed by atoms with Crippen LogP contribution in [0.25, 0.3) is 0 Å². The number of H-pyrrole nitrogens is 1. The van der Waals surface area contributed by atoms with Crippen molar-refractivity contribution in [3.05, 3.63) is 18.0 Å². The van der Waals surface area contributed by atoms with Crippen LogP contribution in [0, 0.1) is 0 Å². The van der Waals surface area contributed by atoms with E-state index in [1.165, 1.54) is 0 Å². The molecule has 1 aromatic heterocycles. The second-order valence-electron chi connectivity index (χ2n) is 3.57. The van der Waals surface area contributed by atoms with Gasteiger partial charge >= 0.3 is 0 Å². The van der Waals surface area contributed by atoms with E-state index in [1.54, 1.807) is 12.3 Å². The highest BCUT2D eigenvalue weighted by Crippen LogP contribution is 2.04. The highest BCUT2D eigenvalue weighted by Gasteiger charge is 2.20. The van der Waals surface area contributed by atoms with Crippen LogP contribution in [0.4, 0.5) is 0 Å². The maximum absolute atomic E-state index is 11.8. The van der Waals surface area contributed by atoms with Gasteiger partial charge in [0.1, 0.15) is 5.69 Å². The van der Waals surface area contributed by atoms with Crippen LogP contribution >= 0.6 is 0 Å². The molecule has 0 aliphatic carbocycles. The number of nitrogens with one attached hydrogen (secondary N) is 1. The number of piperazine rings is 1. The fourth-order valence-corrected chi connectivity index (χ4v) is 1.55. The second-order valence-corrected chi connectivity index (χ2v) is 3.57. The zero-order valence-corrected chi connectivity index (χ0v) is 8.23. The quantitative estimate of drug-likeness (QED) is 0.673. The van der Waals surface area contributed by atoms with Crippen LogP contribution < -0.4 is 0 Å². The normalized spacial score (nSPS) is 18.5. The van der Waals surface area contributed by atoms with Gasteiger partial charge in [0, 0.05) is 32.4 Å². The number of carbonyl (C=O) groups is 1. The number of nitrogens with zero attached hydrogens (tertiary/aromatic N) is 3. The molecule has 2 heterocycles. The zero-order valence-electron chi connectivity index (χ0n) is 8.23. The van der Waals surface area contributed by atoms with E-state index in [9.17, 15) is 4.79 Å². The van der Waals surface area contributed by atoms with Crippen LogP contribution in [0.15, 0.2) is 12.3 Å². The van der Waals surface area contributed by atoms with Gasteiger partial charge in [0.05, 0.1) is 0 Å². The molecule has 0 saturated carbocycles. The molecular weight excluding hydrogens is 180 g/mol. The van der Waals surface area contributed by atoms with Gasteiger partial charge in [0.2, 0.25) is 0 Å². The summed E-state index contributed by atoms with van der Waals surface area (Å²) in [5, 5.41) is 6.46. The maximum Gasteiger partial charge on any atom is 0.271 e. The molecule has 1 aliphatic rings. The Hall–Kier alpha value is -1.36. The molecule has 5 nitrogen and oxygen atoms in total. The minimum Gasteiger partial charge on any atom is -0.335 e. The number of carbonyl (C=O) groups excluding carboxylic acids is 1. The van der Waals surface area contributed by atoms with Crippen molar-refractivity contribution in [1.82, 2.24) is 20.0 Å². The number of rotatable bonds is 1. The lowest BCUT2D eigenvalue weighted by Crippen LogP contribution is -2.47. The third kappa shape index (κ3) is 1.77.